The van der Waals surface area contributed by atoms with Crippen molar-refractivity contribution in [1.29, 1.82) is 0 Å². The monoisotopic (exact) mass is 199 g/mol. The van der Waals surface area contributed by atoms with Crippen LogP contribution in [-0.4, -0.2) is 21.1 Å². The number of allylic oxidation sites excluding steroid dienone is 2. The predicted octanol–water partition coefficient (Wildman–Crippen LogP) is 1.24. The minimum Gasteiger partial charge on any atom is -0.394 e. The standard InChI is InChI=1S/C10H18FN3/c1-8(11)9(5-6-12-2)10(14-4)7-13-3/h5-7,12-14H,1-4H3/b6-5-,9-8-,10-7-. The molecular formula is C10H18FN3. The lowest BCUT2D eigenvalue weighted by Crippen LogP contribution is -2.12. The van der Waals surface area contributed by atoms with Crippen molar-refractivity contribution in [2.24, 2.45) is 0 Å². The fourth-order valence-electron chi connectivity index (χ4n) is 0.986. The van der Waals surface area contributed by atoms with Crippen molar-refractivity contribution in [3.8, 4) is 0 Å². The van der Waals surface area contributed by atoms with Gasteiger partial charge < -0.3 is 16.0 Å². The molecule has 4 heteroatoms. The van der Waals surface area contributed by atoms with Crippen LogP contribution in [0.2, 0.25) is 0 Å². The first-order valence-electron chi connectivity index (χ1n) is 4.43. The normalized spacial score (nSPS) is 13.9. The Hall–Kier alpha value is -1.45. The molecule has 0 aliphatic heterocycles. The summed E-state index contributed by atoms with van der Waals surface area (Å²) in [5.74, 6) is -0.229. The van der Waals surface area contributed by atoms with Crippen LogP contribution in [0.4, 0.5) is 4.39 Å². The number of hydrogen-bond acceptors (Lipinski definition) is 3. The van der Waals surface area contributed by atoms with E-state index in [0.29, 0.717) is 11.3 Å². The molecule has 0 aromatic carbocycles. The first-order chi connectivity index (χ1) is 6.67. The maximum absolute atomic E-state index is 13.1. The Labute approximate surface area is 84.8 Å². The molecule has 0 rings (SSSR count). The van der Waals surface area contributed by atoms with Crippen LogP contribution in [-0.2, 0) is 0 Å². The molecule has 0 bridgehead atoms. The SMILES string of the molecule is CN\C=C/C(C(=C/NC)/NC)=C(\C)F. The Kier molecular flexibility index (Phi) is 6.28. The minimum atomic E-state index is -0.229. The Morgan fingerprint density at radius 3 is 2.14 bits per heavy atom. The zero-order valence-corrected chi connectivity index (χ0v) is 9.11. The molecule has 0 spiro atoms. The number of likely N-dealkylation sites (N-methyl/N-ethyl adjacent to an activating group) is 1. The highest BCUT2D eigenvalue weighted by Gasteiger charge is 2.03. The van der Waals surface area contributed by atoms with Crippen LogP contribution in [0.15, 0.2) is 35.6 Å². The van der Waals surface area contributed by atoms with Gasteiger partial charge in [0.2, 0.25) is 0 Å². The van der Waals surface area contributed by atoms with Gasteiger partial charge in [0.15, 0.2) is 0 Å². The summed E-state index contributed by atoms with van der Waals surface area (Å²) in [5, 5.41) is 8.58. The molecule has 3 N–H and O–H groups in total. The van der Waals surface area contributed by atoms with Gasteiger partial charge >= 0.3 is 0 Å². The highest BCUT2D eigenvalue weighted by Crippen LogP contribution is 2.14. The summed E-state index contributed by atoms with van der Waals surface area (Å²) in [5.41, 5.74) is 1.23. The van der Waals surface area contributed by atoms with Gasteiger partial charge in [-0.15, -0.1) is 0 Å². The largest absolute Gasteiger partial charge is 0.394 e. The van der Waals surface area contributed by atoms with Crippen molar-refractivity contribution in [2.45, 2.75) is 6.92 Å². The summed E-state index contributed by atoms with van der Waals surface area (Å²) < 4.78 is 13.1. The molecule has 3 nitrogen and oxygen atoms in total. The van der Waals surface area contributed by atoms with Gasteiger partial charge in [0, 0.05) is 32.9 Å². The van der Waals surface area contributed by atoms with Crippen molar-refractivity contribution in [2.75, 3.05) is 21.1 Å². The number of rotatable bonds is 5. The first-order valence-corrected chi connectivity index (χ1v) is 4.43. The van der Waals surface area contributed by atoms with E-state index < -0.39 is 0 Å². The van der Waals surface area contributed by atoms with Crippen LogP contribution in [0, 0.1) is 0 Å². The molecule has 0 radical (unpaired) electrons. The van der Waals surface area contributed by atoms with Crippen LogP contribution in [0.25, 0.3) is 0 Å². The van der Waals surface area contributed by atoms with E-state index in [0.717, 1.165) is 0 Å². The molecule has 14 heavy (non-hydrogen) atoms. The van der Waals surface area contributed by atoms with Crippen molar-refractivity contribution < 1.29 is 4.39 Å². The van der Waals surface area contributed by atoms with E-state index in [1.54, 1.807) is 39.6 Å². The quantitative estimate of drug-likeness (QED) is 0.583. The van der Waals surface area contributed by atoms with Gasteiger partial charge in [-0.25, -0.2) is 4.39 Å². The third-order valence-corrected chi connectivity index (χ3v) is 1.64. The lowest BCUT2D eigenvalue weighted by molar-refractivity contribution is 0.630. The van der Waals surface area contributed by atoms with Crippen molar-refractivity contribution in [3.63, 3.8) is 0 Å². The van der Waals surface area contributed by atoms with E-state index in [-0.39, 0.29) is 5.83 Å². The average molecular weight is 199 g/mol. The van der Waals surface area contributed by atoms with Crippen molar-refractivity contribution in [1.82, 2.24) is 16.0 Å². The molecule has 0 aliphatic carbocycles. The van der Waals surface area contributed by atoms with Gasteiger partial charge in [0.1, 0.15) is 5.83 Å². The summed E-state index contributed by atoms with van der Waals surface area (Å²) in [4.78, 5) is 0. The fraction of sp³-hybridized carbons (Fsp3) is 0.400. The van der Waals surface area contributed by atoms with E-state index in [9.17, 15) is 4.39 Å². The smallest absolute Gasteiger partial charge is 0.106 e. The molecule has 0 heterocycles. The third kappa shape index (κ3) is 3.98. The van der Waals surface area contributed by atoms with Gasteiger partial charge in [-0.05, 0) is 19.2 Å². The molecule has 80 valence electrons. The van der Waals surface area contributed by atoms with Crippen LogP contribution in [0.1, 0.15) is 6.92 Å². The van der Waals surface area contributed by atoms with E-state index in [4.69, 9.17) is 0 Å². The lowest BCUT2D eigenvalue weighted by atomic mass is 10.1. The third-order valence-electron chi connectivity index (χ3n) is 1.64. The molecule has 0 fully saturated rings. The maximum atomic E-state index is 13.1. The Bertz CT molecular complexity index is 250. The van der Waals surface area contributed by atoms with E-state index in [1.807, 2.05) is 0 Å². The van der Waals surface area contributed by atoms with Crippen molar-refractivity contribution in [3.05, 3.63) is 35.6 Å². The molecule has 0 aromatic rings. The Balaban J connectivity index is 4.92. The van der Waals surface area contributed by atoms with Gasteiger partial charge in [0.25, 0.3) is 0 Å². The van der Waals surface area contributed by atoms with Gasteiger partial charge in [-0.3, -0.25) is 0 Å². The summed E-state index contributed by atoms with van der Waals surface area (Å²) >= 11 is 0. The van der Waals surface area contributed by atoms with E-state index in [1.165, 1.54) is 6.92 Å². The molecule has 0 unspecified atom stereocenters. The van der Waals surface area contributed by atoms with Gasteiger partial charge in [-0.2, -0.15) is 0 Å². The average Bonchev–Trinajstić information content (AvgIpc) is 2.16. The maximum Gasteiger partial charge on any atom is 0.106 e. The second-order valence-corrected chi connectivity index (χ2v) is 2.67. The summed E-state index contributed by atoms with van der Waals surface area (Å²) in [6.45, 7) is 1.43. The number of halogens is 1. The molecule has 0 amide bonds. The molecular weight excluding hydrogens is 181 g/mol. The van der Waals surface area contributed by atoms with Crippen LogP contribution in [0.3, 0.4) is 0 Å². The fourth-order valence-corrected chi connectivity index (χ4v) is 0.986. The zero-order chi connectivity index (χ0) is 11.0. The lowest BCUT2D eigenvalue weighted by Gasteiger charge is -2.08. The highest BCUT2D eigenvalue weighted by atomic mass is 19.1. The second-order valence-electron chi connectivity index (χ2n) is 2.67. The Morgan fingerprint density at radius 2 is 1.79 bits per heavy atom. The van der Waals surface area contributed by atoms with E-state index >= 15 is 0 Å². The van der Waals surface area contributed by atoms with E-state index in [2.05, 4.69) is 16.0 Å². The summed E-state index contributed by atoms with van der Waals surface area (Å²) in [7, 11) is 5.28. The molecule has 0 saturated heterocycles. The summed E-state index contributed by atoms with van der Waals surface area (Å²) in [6, 6.07) is 0. The first kappa shape index (κ1) is 12.6. The molecule has 0 aliphatic rings. The van der Waals surface area contributed by atoms with Crippen LogP contribution in [0.5, 0.6) is 0 Å². The topological polar surface area (TPSA) is 36.1 Å². The highest BCUT2D eigenvalue weighted by molar-refractivity contribution is 5.39. The number of nitrogens with one attached hydrogen (secondary N) is 3. The Morgan fingerprint density at radius 1 is 1.14 bits per heavy atom. The van der Waals surface area contributed by atoms with Crippen molar-refractivity contribution >= 4 is 0 Å². The predicted molar refractivity (Wildman–Crippen MR) is 58.2 cm³/mol. The molecule has 0 saturated carbocycles. The minimum absolute atomic E-state index is 0.229. The van der Waals surface area contributed by atoms with Crippen LogP contribution >= 0.6 is 0 Å². The molecule has 0 atom stereocenters. The molecule has 0 aromatic heterocycles. The van der Waals surface area contributed by atoms with Crippen LogP contribution < -0.4 is 16.0 Å². The zero-order valence-electron chi connectivity index (χ0n) is 9.11. The number of hydrogen-bond donors (Lipinski definition) is 3. The summed E-state index contributed by atoms with van der Waals surface area (Å²) in [6.07, 6.45) is 5.06. The van der Waals surface area contributed by atoms with Gasteiger partial charge in [0.05, 0.1) is 5.70 Å². The second kappa shape index (κ2) is 7.00. The van der Waals surface area contributed by atoms with Gasteiger partial charge in [-0.1, -0.05) is 0 Å².